The molecular weight excluding hydrogens is 348 g/mol. The van der Waals surface area contributed by atoms with E-state index >= 15 is 0 Å². The number of hydrogen-bond acceptors (Lipinski definition) is 3. The topological polar surface area (TPSA) is 46.3 Å². The Hall–Kier alpha value is -2.30. The van der Waals surface area contributed by atoms with Gasteiger partial charge in [0.15, 0.2) is 0 Å². The summed E-state index contributed by atoms with van der Waals surface area (Å²) < 4.78 is 11.0. The van der Waals surface area contributed by atoms with Crippen LogP contribution in [0.15, 0.2) is 48.5 Å². The number of H-pyrrole nitrogens is 1. The van der Waals surface area contributed by atoms with E-state index in [1.807, 2.05) is 6.92 Å². The normalized spacial score (nSPS) is 15.2. The van der Waals surface area contributed by atoms with Crippen LogP contribution in [0.25, 0.3) is 22.2 Å². The van der Waals surface area contributed by atoms with Crippen LogP contribution >= 0.6 is 0 Å². The second kappa shape index (κ2) is 9.26. The first-order valence-electron chi connectivity index (χ1n) is 10.5. The quantitative estimate of drug-likeness (QED) is 0.516. The van der Waals surface area contributed by atoms with Gasteiger partial charge in [-0.1, -0.05) is 30.3 Å². The Bertz CT molecular complexity index is 882. The average Bonchev–Trinajstić information content (AvgIpc) is 3.17. The third-order valence-electron chi connectivity index (χ3n) is 5.41. The number of fused-ring (bicyclic) bond motifs is 1. The highest BCUT2D eigenvalue weighted by atomic mass is 16.5. The van der Waals surface area contributed by atoms with Gasteiger partial charge in [-0.15, -0.1) is 0 Å². The second-order valence-corrected chi connectivity index (χ2v) is 7.49. The summed E-state index contributed by atoms with van der Waals surface area (Å²) in [5.41, 5.74) is 6.14. The van der Waals surface area contributed by atoms with Crippen molar-refractivity contribution in [2.24, 2.45) is 0 Å². The van der Waals surface area contributed by atoms with Gasteiger partial charge >= 0.3 is 0 Å². The summed E-state index contributed by atoms with van der Waals surface area (Å²) in [6.07, 6.45) is 4.20. The van der Waals surface area contributed by atoms with Crippen LogP contribution in [-0.4, -0.2) is 37.5 Å². The standard InChI is InChI=1S/C24H30N2O2/c1-2-27-12-6-7-18-15-20-17-22(19-8-4-3-5-9-19)26-24(20)23(16-18)25-21-10-13-28-14-11-21/h3-5,8-9,15-17,21,25-26H,2,6-7,10-14H2,1H3. The third-order valence-corrected chi connectivity index (χ3v) is 5.41. The van der Waals surface area contributed by atoms with Crippen molar-refractivity contribution in [1.82, 2.24) is 4.98 Å². The molecule has 148 valence electrons. The molecule has 1 saturated heterocycles. The number of aromatic amines is 1. The van der Waals surface area contributed by atoms with E-state index in [1.54, 1.807) is 0 Å². The van der Waals surface area contributed by atoms with Crippen LogP contribution in [0.5, 0.6) is 0 Å². The van der Waals surface area contributed by atoms with Gasteiger partial charge in [0.25, 0.3) is 0 Å². The fraction of sp³-hybridized carbons (Fsp3) is 0.417. The highest BCUT2D eigenvalue weighted by Crippen LogP contribution is 2.32. The number of nitrogens with one attached hydrogen (secondary N) is 2. The van der Waals surface area contributed by atoms with Crippen molar-refractivity contribution < 1.29 is 9.47 Å². The van der Waals surface area contributed by atoms with Gasteiger partial charge in [-0.2, -0.15) is 0 Å². The van der Waals surface area contributed by atoms with Gasteiger partial charge in [-0.25, -0.2) is 0 Å². The van der Waals surface area contributed by atoms with Crippen LogP contribution in [-0.2, 0) is 15.9 Å². The Morgan fingerprint density at radius 2 is 1.93 bits per heavy atom. The number of aromatic nitrogens is 1. The Morgan fingerprint density at radius 3 is 2.71 bits per heavy atom. The van der Waals surface area contributed by atoms with Crippen LogP contribution in [0, 0.1) is 0 Å². The van der Waals surface area contributed by atoms with Gasteiger partial charge in [0.1, 0.15) is 0 Å². The molecule has 1 aliphatic heterocycles. The monoisotopic (exact) mass is 378 g/mol. The van der Waals surface area contributed by atoms with Crippen LogP contribution in [0.4, 0.5) is 5.69 Å². The highest BCUT2D eigenvalue weighted by Gasteiger charge is 2.16. The lowest BCUT2D eigenvalue weighted by molar-refractivity contribution is 0.0905. The molecule has 0 aliphatic carbocycles. The van der Waals surface area contributed by atoms with Crippen LogP contribution < -0.4 is 5.32 Å². The molecule has 0 atom stereocenters. The van der Waals surface area contributed by atoms with E-state index in [-0.39, 0.29) is 0 Å². The van der Waals surface area contributed by atoms with E-state index < -0.39 is 0 Å². The number of hydrogen-bond donors (Lipinski definition) is 2. The number of ether oxygens (including phenoxy) is 2. The molecule has 0 spiro atoms. The molecule has 2 N–H and O–H groups in total. The molecule has 4 rings (SSSR count). The second-order valence-electron chi connectivity index (χ2n) is 7.49. The molecule has 1 fully saturated rings. The lowest BCUT2D eigenvalue weighted by atomic mass is 10.0. The first kappa shape index (κ1) is 19.0. The molecule has 2 heterocycles. The molecule has 0 bridgehead atoms. The van der Waals surface area contributed by atoms with Crippen LogP contribution in [0.2, 0.25) is 0 Å². The van der Waals surface area contributed by atoms with E-state index in [0.29, 0.717) is 6.04 Å². The molecule has 28 heavy (non-hydrogen) atoms. The highest BCUT2D eigenvalue weighted by molar-refractivity contribution is 5.95. The molecule has 3 aromatic rings. The maximum Gasteiger partial charge on any atom is 0.0694 e. The number of anilines is 1. The third kappa shape index (κ3) is 4.57. The minimum Gasteiger partial charge on any atom is -0.382 e. The van der Waals surface area contributed by atoms with Gasteiger partial charge < -0.3 is 19.8 Å². The van der Waals surface area contributed by atoms with Crippen molar-refractivity contribution in [3.63, 3.8) is 0 Å². The van der Waals surface area contributed by atoms with Crippen molar-refractivity contribution in [3.05, 3.63) is 54.1 Å². The number of benzene rings is 2. The maximum atomic E-state index is 5.52. The molecule has 0 saturated carbocycles. The zero-order valence-corrected chi connectivity index (χ0v) is 16.7. The predicted molar refractivity (Wildman–Crippen MR) is 116 cm³/mol. The predicted octanol–water partition coefficient (Wildman–Crippen LogP) is 5.39. The Kier molecular flexibility index (Phi) is 6.30. The van der Waals surface area contributed by atoms with Crippen molar-refractivity contribution in [3.8, 4) is 11.3 Å². The SMILES string of the molecule is CCOCCCc1cc(NC2CCOCC2)c2[nH]c(-c3ccccc3)cc2c1. The van der Waals surface area contributed by atoms with Crippen molar-refractivity contribution in [2.75, 3.05) is 31.7 Å². The van der Waals surface area contributed by atoms with E-state index in [1.165, 1.54) is 27.7 Å². The lowest BCUT2D eigenvalue weighted by Gasteiger charge is -2.24. The molecule has 2 aromatic carbocycles. The average molecular weight is 379 g/mol. The summed E-state index contributed by atoms with van der Waals surface area (Å²) in [4.78, 5) is 3.66. The van der Waals surface area contributed by atoms with E-state index in [4.69, 9.17) is 9.47 Å². The molecular formula is C24H30N2O2. The minimum atomic E-state index is 0.471. The number of aryl methyl sites for hydroxylation is 1. The molecule has 1 aromatic heterocycles. The summed E-state index contributed by atoms with van der Waals surface area (Å²) in [6.45, 7) is 5.34. The molecule has 0 amide bonds. The fourth-order valence-corrected chi connectivity index (χ4v) is 3.92. The van der Waals surface area contributed by atoms with Gasteiger partial charge in [-0.3, -0.25) is 0 Å². The van der Waals surface area contributed by atoms with Gasteiger partial charge in [0, 0.05) is 43.5 Å². The summed E-state index contributed by atoms with van der Waals surface area (Å²) in [5.74, 6) is 0. The van der Waals surface area contributed by atoms with Crippen molar-refractivity contribution in [1.29, 1.82) is 0 Å². The molecule has 4 nitrogen and oxygen atoms in total. The van der Waals surface area contributed by atoms with Crippen LogP contribution in [0.3, 0.4) is 0 Å². The smallest absolute Gasteiger partial charge is 0.0694 e. The molecule has 0 unspecified atom stereocenters. The molecule has 0 radical (unpaired) electrons. The Labute approximate surface area is 167 Å². The van der Waals surface area contributed by atoms with Crippen molar-refractivity contribution in [2.45, 2.75) is 38.6 Å². The maximum absolute atomic E-state index is 5.52. The zero-order chi connectivity index (χ0) is 19.2. The van der Waals surface area contributed by atoms with E-state index in [9.17, 15) is 0 Å². The Morgan fingerprint density at radius 1 is 1.11 bits per heavy atom. The van der Waals surface area contributed by atoms with E-state index in [2.05, 4.69) is 58.8 Å². The van der Waals surface area contributed by atoms with Gasteiger partial charge in [-0.05, 0) is 61.9 Å². The summed E-state index contributed by atoms with van der Waals surface area (Å²) >= 11 is 0. The summed E-state index contributed by atoms with van der Waals surface area (Å²) in [5, 5.41) is 5.05. The first-order valence-corrected chi connectivity index (χ1v) is 10.5. The van der Waals surface area contributed by atoms with Gasteiger partial charge in [0.2, 0.25) is 0 Å². The van der Waals surface area contributed by atoms with E-state index in [0.717, 1.165) is 57.8 Å². The van der Waals surface area contributed by atoms with Crippen LogP contribution in [0.1, 0.15) is 31.7 Å². The first-order chi connectivity index (χ1) is 13.8. The summed E-state index contributed by atoms with van der Waals surface area (Å²) in [6, 6.07) is 17.9. The van der Waals surface area contributed by atoms with Crippen molar-refractivity contribution >= 4 is 16.6 Å². The molecule has 1 aliphatic rings. The fourth-order valence-electron chi connectivity index (χ4n) is 3.92. The number of rotatable bonds is 8. The Balaban J connectivity index is 1.64. The largest absolute Gasteiger partial charge is 0.382 e. The summed E-state index contributed by atoms with van der Waals surface area (Å²) in [7, 11) is 0. The van der Waals surface area contributed by atoms with Gasteiger partial charge in [0.05, 0.1) is 11.2 Å². The minimum absolute atomic E-state index is 0.471. The molecule has 4 heteroatoms. The lowest BCUT2D eigenvalue weighted by Crippen LogP contribution is -2.28. The zero-order valence-electron chi connectivity index (χ0n) is 16.7.